The highest BCUT2D eigenvalue weighted by Gasteiger charge is 2.42. The van der Waals surface area contributed by atoms with Gasteiger partial charge in [0, 0.05) is 0 Å². The molecule has 0 saturated carbocycles. The Balaban J connectivity index is 2.63. The van der Waals surface area contributed by atoms with Crippen molar-refractivity contribution < 1.29 is 25.2 Å². The van der Waals surface area contributed by atoms with E-state index in [2.05, 4.69) is 0 Å². The third kappa shape index (κ3) is 1.71. The molecule has 4 N–H and O–H groups in total. The molecule has 0 aromatic carbocycles. The zero-order valence-electron chi connectivity index (χ0n) is 6.17. The van der Waals surface area contributed by atoms with E-state index < -0.39 is 36.6 Å². The van der Waals surface area contributed by atoms with Gasteiger partial charge in [-0.25, -0.2) is 0 Å². The van der Waals surface area contributed by atoms with Crippen LogP contribution >= 0.6 is 11.6 Å². The van der Waals surface area contributed by atoms with Crippen molar-refractivity contribution >= 4 is 11.6 Å². The molecule has 1 saturated heterocycles. The van der Waals surface area contributed by atoms with Gasteiger partial charge in [-0.15, -0.1) is 11.6 Å². The Kier molecular flexibility index (Phi) is 3.28. The van der Waals surface area contributed by atoms with Gasteiger partial charge in [-0.3, -0.25) is 0 Å². The molecule has 1 aliphatic heterocycles. The van der Waals surface area contributed by atoms with E-state index in [1.54, 1.807) is 0 Å². The molecule has 0 amide bonds. The number of halogens is 1. The molecule has 1 fully saturated rings. The van der Waals surface area contributed by atoms with Gasteiger partial charge in [-0.2, -0.15) is 0 Å². The van der Waals surface area contributed by atoms with Crippen molar-refractivity contribution in [3.8, 4) is 0 Å². The Morgan fingerprint density at radius 3 is 2.25 bits per heavy atom. The SMILES string of the molecule is OC[C@H]1OC(O)[C@@H](Cl)[C@@H](O)[C@@H]1O. The Labute approximate surface area is 74.2 Å². The van der Waals surface area contributed by atoms with Crippen LogP contribution in [0.5, 0.6) is 0 Å². The fourth-order valence-corrected chi connectivity index (χ4v) is 1.27. The number of aliphatic hydroxyl groups is 4. The minimum Gasteiger partial charge on any atom is -0.394 e. The van der Waals surface area contributed by atoms with Crippen LogP contribution in [0.3, 0.4) is 0 Å². The maximum atomic E-state index is 9.20. The third-order valence-electron chi connectivity index (χ3n) is 1.82. The summed E-state index contributed by atoms with van der Waals surface area (Å²) in [6.07, 6.45) is -4.89. The molecule has 5 atom stereocenters. The summed E-state index contributed by atoms with van der Waals surface area (Å²) in [5, 5.41) is 35.0. The summed E-state index contributed by atoms with van der Waals surface area (Å²) in [5.74, 6) is 0. The van der Waals surface area contributed by atoms with E-state index in [4.69, 9.17) is 26.6 Å². The molecule has 1 aliphatic rings. The van der Waals surface area contributed by atoms with Crippen LogP contribution in [0.1, 0.15) is 0 Å². The Morgan fingerprint density at radius 2 is 1.75 bits per heavy atom. The highest BCUT2D eigenvalue weighted by atomic mass is 35.5. The van der Waals surface area contributed by atoms with Gasteiger partial charge in [-0.1, -0.05) is 0 Å². The van der Waals surface area contributed by atoms with E-state index in [0.29, 0.717) is 0 Å². The van der Waals surface area contributed by atoms with Crippen LogP contribution in [-0.4, -0.2) is 57.0 Å². The lowest BCUT2D eigenvalue weighted by Crippen LogP contribution is -2.56. The van der Waals surface area contributed by atoms with Gasteiger partial charge in [0.2, 0.25) is 0 Å². The van der Waals surface area contributed by atoms with E-state index in [9.17, 15) is 10.2 Å². The van der Waals surface area contributed by atoms with Crippen LogP contribution in [0.2, 0.25) is 0 Å². The highest BCUT2D eigenvalue weighted by molar-refractivity contribution is 6.21. The van der Waals surface area contributed by atoms with E-state index in [1.165, 1.54) is 0 Å². The standard InChI is InChI=1S/C6H11ClO5/c7-3-5(10)4(9)2(1-8)12-6(3)11/h2-6,8-11H,1H2/t2-,3+,4-,5-,6?/m1/s1. The summed E-state index contributed by atoms with van der Waals surface area (Å²) >= 11 is 5.47. The molecule has 1 unspecified atom stereocenters. The van der Waals surface area contributed by atoms with Crippen LogP contribution in [0.25, 0.3) is 0 Å². The summed E-state index contributed by atoms with van der Waals surface area (Å²) in [4.78, 5) is 0. The van der Waals surface area contributed by atoms with Crippen LogP contribution in [0.15, 0.2) is 0 Å². The molecule has 1 rings (SSSR count). The smallest absolute Gasteiger partial charge is 0.174 e. The first-order valence-corrected chi connectivity index (χ1v) is 3.96. The first-order chi connectivity index (χ1) is 5.57. The third-order valence-corrected chi connectivity index (χ3v) is 2.30. The number of hydrogen-bond donors (Lipinski definition) is 4. The first-order valence-electron chi connectivity index (χ1n) is 3.52. The van der Waals surface area contributed by atoms with Crippen LogP contribution < -0.4 is 0 Å². The number of ether oxygens (including phenoxy) is 1. The molecule has 1 heterocycles. The second kappa shape index (κ2) is 3.87. The molecule has 0 aromatic heterocycles. The van der Waals surface area contributed by atoms with Crippen molar-refractivity contribution in [3.63, 3.8) is 0 Å². The van der Waals surface area contributed by atoms with Crippen LogP contribution in [0, 0.1) is 0 Å². The predicted octanol–water partition coefficient (Wildman–Crippen LogP) is -1.97. The largest absolute Gasteiger partial charge is 0.394 e. The Morgan fingerprint density at radius 1 is 1.17 bits per heavy atom. The zero-order valence-corrected chi connectivity index (χ0v) is 6.92. The fraction of sp³-hybridized carbons (Fsp3) is 1.00. The molecular weight excluding hydrogens is 188 g/mol. The lowest BCUT2D eigenvalue weighted by molar-refractivity contribution is -0.236. The average Bonchev–Trinajstić information content (AvgIpc) is 2.08. The fourth-order valence-electron chi connectivity index (χ4n) is 1.06. The minimum absolute atomic E-state index is 0.473. The zero-order chi connectivity index (χ0) is 9.30. The summed E-state index contributed by atoms with van der Waals surface area (Å²) < 4.78 is 4.69. The van der Waals surface area contributed by atoms with Gasteiger partial charge in [0.1, 0.15) is 23.7 Å². The van der Waals surface area contributed by atoms with Crippen molar-refractivity contribution in [2.75, 3.05) is 6.61 Å². The van der Waals surface area contributed by atoms with E-state index >= 15 is 0 Å². The highest BCUT2D eigenvalue weighted by Crippen LogP contribution is 2.23. The molecule has 0 aliphatic carbocycles. The minimum atomic E-state index is -1.36. The number of hydrogen-bond acceptors (Lipinski definition) is 5. The second-order valence-electron chi connectivity index (χ2n) is 2.67. The van der Waals surface area contributed by atoms with Crippen molar-refractivity contribution in [2.45, 2.75) is 30.0 Å². The first kappa shape index (κ1) is 10.2. The van der Waals surface area contributed by atoms with Gasteiger partial charge in [-0.05, 0) is 0 Å². The van der Waals surface area contributed by atoms with Gasteiger partial charge in [0.15, 0.2) is 6.29 Å². The molecule has 5 nitrogen and oxygen atoms in total. The van der Waals surface area contributed by atoms with Gasteiger partial charge < -0.3 is 25.2 Å². The number of alkyl halides is 1. The maximum absolute atomic E-state index is 9.20. The molecule has 0 radical (unpaired) electrons. The van der Waals surface area contributed by atoms with E-state index in [1.807, 2.05) is 0 Å². The van der Waals surface area contributed by atoms with Gasteiger partial charge in [0.05, 0.1) is 6.61 Å². The summed E-state index contributed by atoms with van der Waals surface area (Å²) in [5.41, 5.74) is 0. The van der Waals surface area contributed by atoms with Crippen molar-refractivity contribution in [1.29, 1.82) is 0 Å². The van der Waals surface area contributed by atoms with Gasteiger partial charge >= 0.3 is 0 Å². The van der Waals surface area contributed by atoms with E-state index in [-0.39, 0.29) is 0 Å². The quantitative estimate of drug-likeness (QED) is 0.367. The van der Waals surface area contributed by atoms with Crippen molar-refractivity contribution in [3.05, 3.63) is 0 Å². The predicted molar refractivity (Wildman–Crippen MR) is 39.6 cm³/mol. The Hall–Kier alpha value is 0.0900. The van der Waals surface area contributed by atoms with Crippen molar-refractivity contribution in [2.24, 2.45) is 0 Å². The van der Waals surface area contributed by atoms with Gasteiger partial charge in [0.25, 0.3) is 0 Å². The number of rotatable bonds is 1. The lowest BCUT2D eigenvalue weighted by atomic mass is 10.0. The molecule has 12 heavy (non-hydrogen) atoms. The van der Waals surface area contributed by atoms with Crippen molar-refractivity contribution in [1.82, 2.24) is 0 Å². The molecule has 0 bridgehead atoms. The monoisotopic (exact) mass is 198 g/mol. The maximum Gasteiger partial charge on any atom is 0.174 e. The van der Waals surface area contributed by atoms with Crippen LogP contribution in [-0.2, 0) is 4.74 Å². The Bertz CT molecular complexity index is 150. The normalized spacial score (nSPS) is 49.2. The van der Waals surface area contributed by atoms with E-state index in [0.717, 1.165) is 0 Å². The second-order valence-corrected chi connectivity index (χ2v) is 3.18. The summed E-state index contributed by atoms with van der Waals surface area (Å²) in [6, 6.07) is 0. The number of aliphatic hydroxyl groups excluding tert-OH is 4. The molecular formula is C6H11ClO5. The topological polar surface area (TPSA) is 90.2 Å². The molecule has 6 heteroatoms. The molecule has 0 spiro atoms. The summed E-state index contributed by atoms with van der Waals surface area (Å²) in [7, 11) is 0. The van der Waals surface area contributed by atoms with Crippen LogP contribution in [0.4, 0.5) is 0 Å². The lowest BCUT2D eigenvalue weighted by Gasteiger charge is -2.37. The molecule has 72 valence electrons. The average molecular weight is 199 g/mol. The summed E-state index contributed by atoms with van der Waals surface area (Å²) in [6.45, 7) is -0.473. The molecule has 0 aromatic rings.